The third-order valence-electron chi connectivity index (χ3n) is 3.12. The molecular weight excluding hydrogens is 296 g/mol. The Kier molecular flexibility index (Phi) is 5.66. The Morgan fingerprint density at radius 3 is 3.05 bits per heavy atom. The van der Waals surface area contributed by atoms with Crippen LogP contribution in [0.2, 0.25) is 0 Å². The van der Waals surface area contributed by atoms with Crippen molar-refractivity contribution >= 4 is 23.2 Å². The van der Waals surface area contributed by atoms with Crippen molar-refractivity contribution in [2.24, 2.45) is 0 Å². The first kappa shape index (κ1) is 15.9. The molecule has 2 rings (SSSR count). The summed E-state index contributed by atoms with van der Waals surface area (Å²) in [7, 11) is 1.51. The van der Waals surface area contributed by atoms with Crippen LogP contribution in [0.25, 0.3) is 0 Å². The van der Waals surface area contributed by atoms with Crippen molar-refractivity contribution in [2.75, 3.05) is 33.4 Å². The number of hydrogen-bond acceptors (Lipinski definition) is 6. The number of aliphatic carboxylic acids is 1. The highest BCUT2D eigenvalue weighted by atomic mass is 32.1. The number of methoxy groups -OCH3 is 1. The summed E-state index contributed by atoms with van der Waals surface area (Å²) < 4.78 is 10.4. The molecule has 1 unspecified atom stereocenters. The first-order valence-electron chi connectivity index (χ1n) is 6.69. The maximum absolute atomic E-state index is 12.4. The molecule has 1 aliphatic rings. The summed E-state index contributed by atoms with van der Waals surface area (Å²) in [5, 5.41) is 9.67. The monoisotopic (exact) mass is 314 g/mol. The second-order valence-corrected chi connectivity index (χ2v) is 5.74. The molecule has 0 aromatic carbocycles. The van der Waals surface area contributed by atoms with Crippen molar-refractivity contribution in [1.82, 2.24) is 9.88 Å². The van der Waals surface area contributed by atoms with Crippen molar-refractivity contribution in [3.05, 3.63) is 16.1 Å². The van der Waals surface area contributed by atoms with Gasteiger partial charge in [0.2, 0.25) is 0 Å². The van der Waals surface area contributed by atoms with Gasteiger partial charge in [-0.2, -0.15) is 0 Å². The first-order valence-corrected chi connectivity index (χ1v) is 7.50. The van der Waals surface area contributed by atoms with E-state index in [9.17, 15) is 9.59 Å². The van der Waals surface area contributed by atoms with E-state index in [0.717, 1.165) is 17.8 Å². The van der Waals surface area contributed by atoms with E-state index < -0.39 is 5.97 Å². The third-order valence-corrected chi connectivity index (χ3v) is 4.20. The summed E-state index contributed by atoms with van der Waals surface area (Å²) in [5.41, 5.74) is 0. The van der Waals surface area contributed by atoms with Crippen molar-refractivity contribution in [3.63, 3.8) is 0 Å². The highest BCUT2D eigenvalue weighted by Gasteiger charge is 2.25. The van der Waals surface area contributed by atoms with Crippen molar-refractivity contribution < 1.29 is 24.2 Å². The molecule has 2 heterocycles. The van der Waals surface area contributed by atoms with E-state index in [4.69, 9.17) is 14.6 Å². The van der Waals surface area contributed by atoms with E-state index in [1.807, 2.05) is 0 Å². The lowest BCUT2D eigenvalue weighted by Gasteiger charge is -2.19. The number of hydrogen-bond donors (Lipinski definition) is 1. The zero-order chi connectivity index (χ0) is 15.2. The third kappa shape index (κ3) is 4.23. The highest BCUT2D eigenvalue weighted by Crippen LogP contribution is 2.31. The standard InChI is InChI=1S/C13H18N2O5S/c1-19-6-4-15(8-11(16)17)13(18)10-7-14-12(21-10)9-3-2-5-20-9/h7,9H,2-6,8H2,1H3,(H,16,17). The molecule has 21 heavy (non-hydrogen) atoms. The van der Waals surface area contributed by atoms with Gasteiger partial charge >= 0.3 is 5.97 Å². The molecule has 1 aromatic heterocycles. The molecular formula is C13H18N2O5S. The number of nitrogens with zero attached hydrogens (tertiary/aromatic N) is 2. The molecule has 0 bridgehead atoms. The number of carbonyl (C=O) groups excluding carboxylic acids is 1. The second-order valence-electron chi connectivity index (χ2n) is 4.68. The molecule has 7 nitrogen and oxygen atoms in total. The van der Waals surface area contributed by atoms with Crippen LogP contribution in [0.15, 0.2) is 6.20 Å². The van der Waals surface area contributed by atoms with Gasteiger partial charge in [0.05, 0.1) is 12.8 Å². The SMILES string of the molecule is COCCN(CC(=O)O)C(=O)c1cnc(C2CCCO2)s1. The number of carboxylic acid groups (broad SMARTS) is 1. The minimum absolute atomic E-state index is 0.0385. The number of thiazole rings is 1. The molecule has 0 radical (unpaired) electrons. The Morgan fingerprint density at radius 1 is 1.62 bits per heavy atom. The van der Waals surface area contributed by atoms with Crippen LogP contribution in [-0.4, -0.2) is 60.3 Å². The van der Waals surface area contributed by atoms with Gasteiger partial charge in [0.15, 0.2) is 0 Å². The van der Waals surface area contributed by atoms with Gasteiger partial charge in [0.25, 0.3) is 5.91 Å². The predicted octanol–water partition coefficient (Wildman–Crippen LogP) is 1.17. The van der Waals surface area contributed by atoms with Crippen molar-refractivity contribution in [3.8, 4) is 0 Å². The zero-order valence-electron chi connectivity index (χ0n) is 11.8. The van der Waals surface area contributed by atoms with Gasteiger partial charge in [0, 0.05) is 20.3 Å². The van der Waals surface area contributed by atoms with Crippen LogP contribution in [0.5, 0.6) is 0 Å². The normalized spacial score (nSPS) is 17.9. The second kappa shape index (κ2) is 7.48. The Bertz CT molecular complexity index is 499. The molecule has 1 N–H and O–H groups in total. The Labute approximate surface area is 126 Å². The van der Waals surface area contributed by atoms with E-state index in [0.29, 0.717) is 11.5 Å². The lowest BCUT2D eigenvalue weighted by molar-refractivity contribution is -0.137. The van der Waals surface area contributed by atoms with Gasteiger partial charge in [-0.05, 0) is 12.8 Å². The number of carboxylic acids is 1. The fourth-order valence-electron chi connectivity index (χ4n) is 2.08. The van der Waals surface area contributed by atoms with Crippen LogP contribution in [0, 0.1) is 0 Å². The fourth-order valence-corrected chi connectivity index (χ4v) is 3.05. The van der Waals surface area contributed by atoms with E-state index in [1.165, 1.54) is 29.5 Å². The van der Waals surface area contributed by atoms with Crippen LogP contribution in [0.3, 0.4) is 0 Å². The first-order chi connectivity index (χ1) is 10.1. The highest BCUT2D eigenvalue weighted by molar-refractivity contribution is 7.13. The van der Waals surface area contributed by atoms with Gasteiger partial charge in [-0.15, -0.1) is 11.3 Å². The smallest absolute Gasteiger partial charge is 0.323 e. The summed E-state index contributed by atoms with van der Waals surface area (Å²) in [6.07, 6.45) is 3.35. The summed E-state index contributed by atoms with van der Waals surface area (Å²) in [4.78, 5) is 29.1. The molecule has 1 saturated heterocycles. The number of amides is 1. The number of aromatic nitrogens is 1. The molecule has 0 saturated carbocycles. The van der Waals surface area contributed by atoms with E-state index in [1.54, 1.807) is 0 Å². The predicted molar refractivity (Wildman–Crippen MR) is 75.5 cm³/mol. The lowest BCUT2D eigenvalue weighted by atomic mass is 10.2. The fraction of sp³-hybridized carbons (Fsp3) is 0.615. The largest absolute Gasteiger partial charge is 0.480 e. The van der Waals surface area contributed by atoms with Crippen molar-refractivity contribution in [2.45, 2.75) is 18.9 Å². The minimum Gasteiger partial charge on any atom is -0.480 e. The molecule has 1 atom stereocenters. The molecule has 1 aromatic rings. The van der Waals surface area contributed by atoms with Crippen LogP contribution >= 0.6 is 11.3 Å². The quantitative estimate of drug-likeness (QED) is 0.812. The van der Waals surface area contributed by atoms with Crippen LogP contribution in [0.1, 0.15) is 33.6 Å². The van der Waals surface area contributed by atoms with Gasteiger partial charge in [-0.25, -0.2) is 4.98 Å². The van der Waals surface area contributed by atoms with Gasteiger partial charge in [0.1, 0.15) is 22.5 Å². The molecule has 1 fully saturated rings. The van der Waals surface area contributed by atoms with E-state index in [2.05, 4.69) is 4.98 Å². The summed E-state index contributed by atoms with van der Waals surface area (Å²) in [6.45, 7) is 0.882. The van der Waals surface area contributed by atoms with Crippen LogP contribution < -0.4 is 0 Å². The lowest BCUT2D eigenvalue weighted by Crippen LogP contribution is -2.37. The topological polar surface area (TPSA) is 89.0 Å². The minimum atomic E-state index is -1.05. The summed E-state index contributed by atoms with van der Waals surface area (Å²) >= 11 is 1.27. The van der Waals surface area contributed by atoms with E-state index in [-0.39, 0.29) is 31.7 Å². The molecule has 116 valence electrons. The molecule has 0 aliphatic carbocycles. The van der Waals surface area contributed by atoms with Gasteiger partial charge < -0.3 is 19.5 Å². The van der Waals surface area contributed by atoms with Gasteiger partial charge in [-0.3, -0.25) is 9.59 Å². The van der Waals surface area contributed by atoms with Crippen molar-refractivity contribution in [1.29, 1.82) is 0 Å². The zero-order valence-corrected chi connectivity index (χ0v) is 12.6. The average molecular weight is 314 g/mol. The number of ether oxygens (including phenoxy) is 2. The van der Waals surface area contributed by atoms with Gasteiger partial charge in [-0.1, -0.05) is 0 Å². The molecule has 0 spiro atoms. The maximum atomic E-state index is 12.4. The average Bonchev–Trinajstić information content (AvgIpc) is 3.11. The number of rotatable bonds is 7. The summed E-state index contributed by atoms with van der Waals surface area (Å²) in [5.74, 6) is -1.39. The van der Waals surface area contributed by atoms with Crippen LogP contribution in [0.4, 0.5) is 0 Å². The molecule has 8 heteroatoms. The Balaban J connectivity index is 2.06. The molecule has 1 aliphatic heterocycles. The molecule has 1 amide bonds. The van der Waals surface area contributed by atoms with Crippen LogP contribution in [-0.2, 0) is 14.3 Å². The maximum Gasteiger partial charge on any atom is 0.323 e. The Hall–Kier alpha value is -1.51. The number of carbonyl (C=O) groups is 2. The summed E-state index contributed by atoms with van der Waals surface area (Å²) in [6, 6.07) is 0. The Morgan fingerprint density at radius 2 is 2.43 bits per heavy atom. The van der Waals surface area contributed by atoms with E-state index >= 15 is 0 Å².